The van der Waals surface area contributed by atoms with Crippen LogP contribution in [-0.2, 0) is 4.79 Å². The van der Waals surface area contributed by atoms with E-state index in [1.807, 2.05) is 23.1 Å². The fourth-order valence-corrected chi connectivity index (χ4v) is 2.91. The summed E-state index contributed by atoms with van der Waals surface area (Å²) in [6.07, 6.45) is 4.78. The second kappa shape index (κ2) is 6.61. The quantitative estimate of drug-likeness (QED) is 0.932. The van der Waals surface area contributed by atoms with Crippen LogP contribution in [0.3, 0.4) is 0 Å². The van der Waals surface area contributed by atoms with E-state index in [0.29, 0.717) is 6.54 Å². The second-order valence-corrected chi connectivity index (χ2v) is 5.71. The number of likely N-dealkylation sites (tertiary alicyclic amines) is 1. The summed E-state index contributed by atoms with van der Waals surface area (Å²) in [6.45, 7) is 2.22. The average Bonchev–Trinajstić information content (AvgIpc) is 2.81. The van der Waals surface area contributed by atoms with Gasteiger partial charge >= 0.3 is 0 Å². The van der Waals surface area contributed by atoms with Gasteiger partial charge in [-0.05, 0) is 35.7 Å². The molecule has 2 aromatic rings. The number of hydrogen-bond donors (Lipinski definition) is 1. The smallest absolute Gasteiger partial charge is 0.241 e. The minimum Gasteiger partial charge on any atom is -0.376 e. The monoisotopic (exact) mass is 282 g/mol. The van der Waals surface area contributed by atoms with Gasteiger partial charge in [0.05, 0.1) is 6.54 Å². The number of benzene rings is 2. The predicted octanol–water partition coefficient (Wildman–Crippen LogP) is 3.65. The van der Waals surface area contributed by atoms with Gasteiger partial charge < -0.3 is 10.2 Å². The molecule has 0 unspecified atom stereocenters. The molecule has 0 radical (unpaired) electrons. The zero-order chi connectivity index (χ0) is 14.5. The summed E-state index contributed by atoms with van der Waals surface area (Å²) in [5, 5.41) is 5.69. The fourth-order valence-electron chi connectivity index (χ4n) is 2.91. The van der Waals surface area contributed by atoms with Crippen LogP contribution in [0.1, 0.15) is 25.7 Å². The number of fused-ring (bicyclic) bond motifs is 1. The van der Waals surface area contributed by atoms with Gasteiger partial charge in [0.1, 0.15) is 0 Å². The first-order valence-corrected chi connectivity index (χ1v) is 7.83. The first kappa shape index (κ1) is 13.9. The molecule has 0 bridgehead atoms. The lowest BCUT2D eigenvalue weighted by Gasteiger charge is -2.20. The Labute approximate surface area is 125 Å². The van der Waals surface area contributed by atoms with Crippen LogP contribution in [0.15, 0.2) is 42.5 Å². The molecule has 1 N–H and O–H groups in total. The van der Waals surface area contributed by atoms with E-state index in [2.05, 4.69) is 29.6 Å². The zero-order valence-corrected chi connectivity index (χ0v) is 12.3. The summed E-state index contributed by atoms with van der Waals surface area (Å²) in [5.41, 5.74) is 1.01. The Hall–Kier alpha value is -2.03. The van der Waals surface area contributed by atoms with E-state index < -0.39 is 0 Å². The van der Waals surface area contributed by atoms with Crippen LogP contribution < -0.4 is 5.32 Å². The minimum atomic E-state index is 0.213. The molecule has 3 rings (SSSR count). The summed E-state index contributed by atoms with van der Waals surface area (Å²) in [6, 6.07) is 14.5. The highest BCUT2D eigenvalue weighted by atomic mass is 16.2. The molecule has 0 saturated carbocycles. The molecular weight excluding hydrogens is 260 g/mol. The number of rotatable bonds is 3. The van der Waals surface area contributed by atoms with Gasteiger partial charge in [0, 0.05) is 18.8 Å². The van der Waals surface area contributed by atoms with Crippen LogP contribution in [-0.4, -0.2) is 30.4 Å². The number of anilines is 1. The molecule has 0 spiro atoms. The van der Waals surface area contributed by atoms with Gasteiger partial charge in [-0.25, -0.2) is 0 Å². The normalized spacial score (nSPS) is 15.7. The third kappa shape index (κ3) is 3.54. The van der Waals surface area contributed by atoms with Crippen LogP contribution in [0.2, 0.25) is 0 Å². The van der Waals surface area contributed by atoms with Crippen LogP contribution in [0.4, 0.5) is 5.69 Å². The molecule has 1 aliphatic rings. The lowest BCUT2D eigenvalue weighted by molar-refractivity contribution is -0.129. The van der Waals surface area contributed by atoms with Crippen molar-refractivity contribution >= 4 is 22.4 Å². The van der Waals surface area contributed by atoms with Crippen molar-refractivity contribution in [3.8, 4) is 0 Å². The largest absolute Gasteiger partial charge is 0.376 e. The van der Waals surface area contributed by atoms with Crippen molar-refractivity contribution in [2.75, 3.05) is 25.0 Å². The molecule has 21 heavy (non-hydrogen) atoms. The van der Waals surface area contributed by atoms with E-state index in [1.54, 1.807) is 0 Å². The number of nitrogens with zero attached hydrogens (tertiary/aromatic N) is 1. The SMILES string of the molecule is O=C(CNc1ccc2ccccc2c1)N1CCCCCC1. The molecule has 1 fully saturated rings. The molecule has 0 atom stereocenters. The first-order chi connectivity index (χ1) is 10.3. The van der Waals surface area contributed by atoms with Gasteiger partial charge in [-0.2, -0.15) is 0 Å². The summed E-state index contributed by atoms with van der Waals surface area (Å²) in [5.74, 6) is 0.213. The Balaban J connectivity index is 1.61. The Bertz CT molecular complexity index is 615. The van der Waals surface area contributed by atoms with Gasteiger partial charge in [0.15, 0.2) is 0 Å². The number of hydrogen-bond acceptors (Lipinski definition) is 2. The topological polar surface area (TPSA) is 32.3 Å². The van der Waals surface area contributed by atoms with Crippen molar-refractivity contribution in [1.82, 2.24) is 4.90 Å². The van der Waals surface area contributed by atoms with E-state index in [9.17, 15) is 4.79 Å². The molecule has 110 valence electrons. The molecule has 0 aromatic heterocycles. The van der Waals surface area contributed by atoms with Crippen molar-refractivity contribution in [1.29, 1.82) is 0 Å². The molecule has 0 aliphatic carbocycles. The predicted molar refractivity (Wildman–Crippen MR) is 87.5 cm³/mol. The Morgan fingerprint density at radius 3 is 2.43 bits per heavy atom. The molecular formula is C18H22N2O. The highest BCUT2D eigenvalue weighted by Gasteiger charge is 2.14. The number of amides is 1. The molecule has 1 saturated heterocycles. The average molecular weight is 282 g/mol. The maximum absolute atomic E-state index is 12.3. The summed E-state index contributed by atoms with van der Waals surface area (Å²) in [4.78, 5) is 14.3. The summed E-state index contributed by atoms with van der Waals surface area (Å²) >= 11 is 0. The Kier molecular flexibility index (Phi) is 4.39. The number of carbonyl (C=O) groups excluding carboxylic acids is 1. The zero-order valence-electron chi connectivity index (χ0n) is 12.3. The molecule has 3 nitrogen and oxygen atoms in total. The molecule has 2 aromatic carbocycles. The first-order valence-electron chi connectivity index (χ1n) is 7.83. The van der Waals surface area contributed by atoms with E-state index in [1.165, 1.54) is 23.6 Å². The van der Waals surface area contributed by atoms with Crippen LogP contribution in [0.25, 0.3) is 10.8 Å². The summed E-state index contributed by atoms with van der Waals surface area (Å²) in [7, 11) is 0. The molecule has 1 amide bonds. The van der Waals surface area contributed by atoms with Gasteiger partial charge in [0.25, 0.3) is 0 Å². The van der Waals surface area contributed by atoms with Gasteiger partial charge in [0.2, 0.25) is 5.91 Å². The number of carbonyl (C=O) groups is 1. The third-order valence-corrected chi connectivity index (χ3v) is 4.15. The maximum atomic E-state index is 12.3. The van der Waals surface area contributed by atoms with Crippen LogP contribution >= 0.6 is 0 Å². The summed E-state index contributed by atoms with van der Waals surface area (Å²) < 4.78 is 0. The Morgan fingerprint density at radius 2 is 1.67 bits per heavy atom. The molecule has 1 heterocycles. The molecule has 3 heteroatoms. The fraction of sp³-hybridized carbons (Fsp3) is 0.389. The van der Waals surface area contributed by atoms with Crippen LogP contribution in [0, 0.1) is 0 Å². The van der Waals surface area contributed by atoms with Gasteiger partial charge in [-0.15, -0.1) is 0 Å². The van der Waals surface area contributed by atoms with Crippen molar-refractivity contribution < 1.29 is 4.79 Å². The van der Waals surface area contributed by atoms with Crippen molar-refractivity contribution in [3.05, 3.63) is 42.5 Å². The van der Waals surface area contributed by atoms with Crippen molar-refractivity contribution in [2.24, 2.45) is 0 Å². The van der Waals surface area contributed by atoms with Gasteiger partial charge in [-0.3, -0.25) is 4.79 Å². The van der Waals surface area contributed by atoms with E-state index in [0.717, 1.165) is 31.6 Å². The van der Waals surface area contributed by atoms with Crippen molar-refractivity contribution in [2.45, 2.75) is 25.7 Å². The lowest BCUT2D eigenvalue weighted by Crippen LogP contribution is -2.36. The highest BCUT2D eigenvalue weighted by Crippen LogP contribution is 2.18. The van der Waals surface area contributed by atoms with E-state index >= 15 is 0 Å². The maximum Gasteiger partial charge on any atom is 0.241 e. The van der Waals surface area contributed by atoms with Crippen molar-refractivity contribution in [3.63, 3.8) is 0 Å². The third-order valence-electron chi connectivity index (χ3n) is 4.15. The highest BCUT2D eigenvalue weighted by molar-refractivity contribution is 5.87. The van der Waals surface area contributed by atoms with E-state index in [-0.39, 0.29) is 5.91 Å². The molecule has 1 aliphatic heterocycles. The lowest BCUT2D eigenvalue weighted by atomic mass is 10.1. The Morgan fingerprint density at radius 1 is 0.952 bits per heavy atom. The number of nitrogens with one attached hydrogen (secondary N) is 1. The second-order valence-electron chi connectivity index (χ2n) is 5.71. The van der Waals surface area contributed by atoms with E-state index in [4.69, 9.17) is 0 Å². The van der Waals surface area contributed by atoms with Crippen LogP contribution in [0.5, 0.6) is 0 Å². The van der Waals surface area contributed by atoms with Gasteiger partial charge in [-0.1, -0.05) is 43.2 Å². The minimum absolute atomic E-state index is 0.213. The standard InChI is InChI=1S/C18H22N2O/c21-18(20-11-5-1-2-6-12-20)14-19-17-10-9-15-7-3-4-8-16(15)13-17/h3-4,7-10,13,19H,1-2,5-6,11-12,14H2.